The van der Waals surface area contributed by atoms with Crippen molar-refractivity contribution in [2.75, 3.05) is 0 Å². The number of halogens is 3. The van der Waals surface area contributed by atoms with Crippen molar-refractivity contribution in [1.82, 2.24) is 10.1 Å². The van der Waals surface area contributed by atoms with E-state index in [-0.39, 0.29) is 16.2 Å². The molecule has 0 N–H and O–H groups in total. The molecule has 0 bridgehead atoms. The number of nitro groups is 1. The minimum absolute atomic E-state index is 0.0477. The summed E-state index contributed by atoms with van der Waals surface area (Å²) in [5, 5.41) is 14.0. The van der Waals surface area contributed by atoms with Gasteiger partial charge in [-0.3, -0.25) is 10.1 Å². The van der Waals surface area contributed by atoms with E-state index in [1.54, 1.807) is 0 Å². The fourth-order valence-electron chi connectivity index (χ4n) is 1.17. The molecule has 1 aromatic carbocycles. The van der Waals surface area contributed by atoms with Crippen LogP contribution >= 0.6 is 15.9 Å². The Bertz CT molecular complexity index is 602. The first-order valence-corrected chi connectivity index (χ1v) is 4.91. The zero-order valence-corrected chi connectivity index (χ0v) is 9.44. The Kier molecular flexibility index (Phi) is 2.84. The molecular weight excluding hydrogens is 304 g/mol. The second kappa shape index (κ2) is 4.17. The molecule has 2 rings (SSSR count). The second-order valence-electron chi connectivity index (χ2n) is 2.91. The largest absolute Gasteiger partial charge is 0.333 e. The SMILES string of the molecule is O=[N+]([O-])c1cc(F)c(F)cc1-c1nc(Br)no1. The molecule has 0 amide bonds. The van der Waals surface area contributed by atoms with Crippen molar-refractivity contribution in [3.8, 4) is 11.5 Å². The summed E-state index contributed by atoms with van der Waals surface area (Å²) in [4.78, 5) is 13.5. The van der Waals surface area contributed by atoms with E-state index >= 15 is 0 Å². The molecule has 0 aliphatic rings. The quantitative estimate of drug-likeness (QED) is 0.629. The Hall–Kier alpha value is -1.90. The molecular formula is C8H2BrF2N3O3. The lowest BCUT2D eigenvalue weighted by Crippen LogP contribution is -1.96. The third-order valence-corrected chi connectivity index (χ3v) is 2.19. The number of rotatable bonds is 2. The number of benzene rings is 1. The molecule has 6 nitrogen and oxygen atoms in total. The van der Waals surface area contributed by atoms with E-state index in [1.807, 2.05) is 0 Å². The molecule has 0 saturated heterocycles. The molecule has 0 aliphatic carbocycles. The van der Waals surface area contributed by atoms with Gasteiger partial charge in [0, 0.05) is 0 Å². The van der Waals surface area contributed by atoms with Gasteiger partial charge in [0.2, 0.25) is 4.73 Å². The van der Waals surface area contributed by atoms with E-state index in [9.17, 15) is 18.9 Å². The summed E-state index contributed by atoms with van der Waals surface area (Å²) in [7, 11) is 0. The van der Waals surface area contributed by atoms with Gasteiger partial charge < -0.3 is 4.52 Å². The van der Waals surface area contributed by atoms with Crippen molar-refractivity contribution in [2.45, 2.75) is 0 Å². The third-order valence-electron chi connectivity index (χ3n) is 1.87. The number of nitro benzene ring substituents is 1. The maximum atomic E-state index is 13.0. The summed E-state index contributed by atoms with van der Waals surface area (Å²) >= 11 is 2.87. The number of hydrogen-bond acceptors (Lipinski definition) is 5. The predicted molar refractivity (Wildman–Crippen MR) is 54.0 cm³/mol. The van der Waals surface area contributed by atoms with E-state index in [0.717, 1.165) is 0 Å². The molecule has 2 aromatic rings. The summed E-state index contributed by atoms with van der Waals surface area (Å²) in [6.07, 6.45) is 0. The Morgan fingerprint density at radius 3 is 2.53 bits per heavy atom. The summed E-state index contributed by atoms with van der Waals surface area (Å²) in [5.74, 6) is -2.83. The standard InChI is InChI=1S/C8H2BrF2N3O3/c9-8-12-7(17-13-8)3-1-4(10)5(11)2-6(3)14(15)16/h1-2H. The number of hydrogen-bond donors (Lipinski definition) is 0. The average molecular weight is 306 g/mol. The predicted octanol–water partition coefficient (Wildman–Crippen LogP) is 2.69. The first kappa shape index (κ1) is 11.6. The summed E-state index contributed by atoms with van der Waals surface area (Å²) in [6, 6.07) is 1.09. The van der Waals surface area contributed by atoms with Crippen LogP contribution in [0.2, 0.25) is 0 Å². The van der Waals surface area contributed by atoms with E-state index < -0.39 is 22.2 Å². The van der Waals surface area contributed by atoms with Crippen LogP contribution in [0.4, 0.5) is 14.5 Å². The van der Waals surface area contributed by atoms with Crippen molar-refractivity contribution >= 4 is 21.6 Å². The van der Waals surface area contributed by atoms with Gasteiger partial charge in [0.15, 0.2) is 11.6 Å². The van der Waals surface area contributed by atoms with Gasteiger partial charge in [0.1, 0.15) is 5.56 Å². The second-order valence-corrected chi connectivity index (χ2v) is 3.62. The molecule has 17 heavy (non-hydrogen) atoms. The summed E-state index contributed by atoms with van der Waals surface area (Å²) in [5.41, 5.74) is -0.938. The Labute approximate surface area is 101 Å². The fourth-order valence-corrected chi connectivity index (χ4v) is 1.41. The van der Waals surface area contributed by atoms with Crippen molar-refractivity contribution < 1.29 is 18.2 Å². The van der Waals surface area contributed by atoms with Crippen molar-refractivity contribution in [1.29, 1.82) is 0 Å². The molecule has 0 atom stereocenters. The monoisotopic (exact) mass is 305 g/mol. The fraction of sp³-hybridized carbons (Fsp3) is 0. The molecule has 0 fully saturated rings. The van der Waals surface area contributed by atoms with E-state index in [2.05, 4.69) is 30.6 Å². The molecule has 0 aliphatic heterocycles. The van der Waals surface area contributed by atoms with Gasteiger partial charge in [-0.15, -0.1) is 0 Å². The number of aromatic nitrogens is 2. The van der Waals surface area contributed by atoms with Gasteiger partial charge in [0.05, 0.1) is 11.0 Å². The topological polar surface area (TPSA) is 82.1 Å². The summed E-state index contributed by atoms with van der Waals surface area (Å²) in [6.45, 7) is 0. The van der Waals surface area contributed by atoms with Gasteiger partial charge >= 0.3 is 0 Å². The van der Waals surface area contributed by atoms with Crippen LogP contribution in [0.1, 0.15) is 0 Å². The van der Waals surface area contributed by atoms with Gasteiger partial charge in [-0.2, -0.15) is 4.98 Å². The normalized spacial score (nSPS) is 10.5. The van der Waals surface area contributed by atoms with Crippen LogP contribution in [-0.4, -0.2) is 15.1 Å². The molecule has 0 spiro atoms. The smallest absolute Gasteiger partial charge is 0.285 e. The highest BCUT2D eigenvalue weighted by atomic mass is 79.9. The van der Waals surface area contributed by atoms with Crippen LogP contribution < -0.4 is 0 Å². The van der Waals surface area contributed by atoms with Crippen LogP contribution in [0.3, 0.4) is 0 Å². The third kappa shape index (κ3) is 2.13. The van der Waals surface area contributed by atoms with Crippen LogP contribution in [0.5, 0.6) is 0 Å². The molecule has 1 heterocycles. The molecule has 0 radical (unpaired) electrons. The minimum atomic E-state index is -1.32. The van der Waals surface area contributed by atoms with Crippen LogP contribution in [0.15, 0.2) is 21.4 Å². The average Bonchev–Trinajstić information content (AvgIpc) is 2.68. The number of nitrogens with zero attached hydrogens (tertiary/aromatic N) is 3. The molecule has 9 heteroatoms. The van der Waals surface area contributed by atoms with Gasteiger partial charge in [0.25, 0.3) is 11.6 Å². The van der Waals surface area contributed by atoms with Crippen molar-refractivity contribution in [3.63, 3.8) is 0 Å². The van der Waals surface area contributed by atoms with Gasteiger partial charge in [-0.05, 0) is 27.2 Å². The van der Waals surface area contributed by atoms with E-state index in [1.165, 1.54) is 0 Å². The first-order valence-electron chi connectivity index (χ1n) is 4.12. The van der Waals surface area contributed by atoms with Crippen molar-refractivity contribution in [3.05, 3.63) is 38.6 Å². The molecule has 88 valence electrons. The molecule has 1 aromatic heterocycles. The zero-order chi connectivity index (χ0) is 12.6. The molecule has 0 saturated carbocycles. The van der Waals surface area contributed by atoms with Crippen LogP contribution in [0.25, 0.3) is 11.5 Å². The lowest BCUT2D eigenvalue weighted by atomic mass is 10.1. The first-order chi connectivity index (χ1) is 7.99. The van der Waals surface area contributed by atoms with Crippen molar-refractivity contribution in [2.24, 2.45) is 0 Å². The molecule has 0 unspecified atom stereocenters. The van der Waals surface area contributed by atoms with Crippen LogP contribution in [0, 0.1) is 21.7 Å². The van der Waals surface area contributed by atoms with Gasteiger partial charge in [-0.1, -0.05) is 0 Å². The Morgan fingerprint density at radius 1 is 1.35 bits per heavy atom. The highest BCUT2D eigenvalue weighted by Crippen LogP contribution is 2.31. The summed E-state index contributed by atoms with van der Waals surface area (Å²) < 4.78 is 30.6. The van der Waals surface area contributed by atoms with Gasteiger partial charge in [-0.25, -0.2) is 8.78 Å². The lowest BCUT2D eigenvalue weighted by molar-refractivity contribution is -0.384. The lowest BCUT2D eigenvalue weighted by Gasteiger charge is -1.99. The zero-order valence-electron chi connectivity index (χ0n) is 7.85. The Morgan fingerprint density at radius 2 is 2.00 bits per heavy atom. The minimum Gasteiger partial charge on any atom is -0.333 e. The highest BCUT2D eigenvalue weighted by molar-refractivity contribution is 9.10. The van der Waals surface area contributed by atoms with E-state index in [4.69, 9.17) is 0 Å². The highest BCUT2D eigenvalue weighted by Gasteiger charge is 2.23. The maximum Gasteiger partial charge on any atom is 0.285 e. The van der Waals surface area contributed by atoms with Crippen LogP contribution in [-0.2, 0) is 0 Å². The Balaban J connectivity index is 2.67. The maximum absolute atomic E-state index is 13.0. The van der Waals surface area contributed by atoms with E-state index in [0.29, 0.717) is 12.1 Å².